The van der Waals surface area contributed by atoms with E-state index in [0.29, 0.717) is 26.5 Å². The van der Waals surface area contributed by atoms with Crippen molar-refractivity contribution in [2.75, 3.05) is 5.75 Å². The molecule has 4 aromatic rings. The number of thioether (sulfide) groups is 1. The number of thiophene rings is 2. The molecular formula is C21H18FN3O2S3. The summed E-state index contributed by atoms with van der Waals surface area (Å²) < 4.78 is 15.1. The molecule has 0 atom stereocenters. The van der Waals surface area contributed by atoms with Crippen LogP contribution in [0.1, 0.15) is 11.1 Å². The van der Waals surface area contributed by atoms with E-state index >= 15 is 0 Å². The fraction of sp³-hybridized carbons (Fsp3) is 0.190. The summed E-state index contributed by atoms with van der Waals surface area (Å²) >= 11 is 4.22. The fourth-order valence-corrected chi connectivity index (χ4v) is 5.53. The zero-order chi connectivity index (χ0) is 21.3. The first-order valence-corrected chi connectivity index (χ1v) is 11.8. The van der Waals surface area contributed by atoms with E-state index in [4.69, 9.17) is 0 Å². The second-order valence-corrected chi connectivity index (χ2v) is 9.46. The maximum atomic E-state index is 13.6. The Hall–Kier alpha value is -2.49. The van der Waals surface area contributed by atoms with E-state index in [2.05, 4.69) is 10.3 Å². The molecule has 1 aromatic carbocycles. The number of rotatable bonds is 6. The Labute approximate surface area is 184 Å². The van der Waals surface area contributed by atoms with Crippen molar-refractivity contribution in [3.63, 3.8) is 0 Å². The van der Waals surface area contributed by atoms with Crippen LogP contribution in [0.4, 0.5) is 4.39 Å². The van der Waals surface area contributed by atoms with Crippen molar-refractivity contribution >= 4 is 50.6 Å². The van der Waals surface area contributed by atoms with Crippen LogP contribution in [0.3, 0.4) is 0 Å². The topological polar surface area (TPSA) is 64.0 Å². The molecule has 0 saturated heterocycles. The average Bonchev–Trinajstić information content (AvgIpc) is 3.40. The maximum Gasteiger partial charge on any atom is 0.263 e. The first kappa shape index (κ1) is 20.8. The lowest BCUT2D eigenvalue weighted by Gasteiger charge is -2.09. The number of aromatic nitrogens is 2. The Morgan fingerprint density at radius 3 is 2.87 bits per heavy atom. The van der Waals surface area contributed by atoms with Gasteiger partial charge in [0.05, 0.1) is 11.1 Å². The quantitative estimate of drug-likeness (QED) is 0.339. The van der Waals surface area contributed by atoms with Gasteiger partial charge in [0.25, 0.3) is 5.56 Å². The number of carbonyl (C=O) groups excluding carboxylic acids is 1. The van der Waals surface area contributed by atoms with Crippen LogP contribution in [0.15, 0.2) is 51.0 Å². The van der Waals surface area contributed by atoms with Gasteiger partial charge in [-0.2, -0.15) is 0 Å². The standard InChI is InChI=1S/C21H18FN3O2S3/c1-12-5-6-13(8-15(12)22)9-23-17(26)11-30-21-24-19-18(20(27)25(21)2)14(10-29-19)16-4-3-7-28-16/h3-8,10H,9,11H2,1-2H3,(H,23,26). The summed E-state index contributed by atoms with van der Waals surface area (Å²) in [6.45, 7) is 1.94. The largest absolute Gasteiger partial charge is 0.351 e. The van der Waals surface area contributed by atoms with Crippen LogP contribution in [0, 0.1) is 12.7 Å². The number of hydrogen-bond donors (Lipinski definition) is 1. The second kappa shape index (κ2) is 8.71. The van der Waals surface area contributed by atoms with Crippen molar-refractivity contribution < 1.29 is 9.18 Å². The summed E-state index contributed by atoms with van der Waals surface area (Å²) in [5, 5.41) is 7.80. The monoisotopic (exact) mass is 459 g/mol. The van der Waals surface area contributed by atoms with E-state index in [0.717, 1.165) is 10.4 Å². The third-order valence-electron chi connectivity index (χ3n) is 4.62. The van der Waals surface area contributed by atoms with Crippen LogP contribution in [0.2, 0.25) is 0 Å². The van der Waals surface area contributed by atoms with Gasteiger partial charge in [-0.1, -0.05) is 30.0 Å². The molecule has 0 bridgehead atoms. The molecule has 0 aliphatic carbocycles. The molecule has 154 valence electrons. The molecule has 3 aromatic heterocycles. The van der Waals surface area contributed by atoms with Crippen LogP contribution in [-0.2, 0) is 18.4 Å². The summed E-state index contributed by atoms with van der Waals surface area (Å²) in [5.41, 5.74) is 2.04. The van der Waals surface area contributed by atoms with Gasteiger partial charge in [-0.25, -0.2) is 9.37 Å². The molecule has 0 aliphatic rings. The number of benzene rings is 1. The van der Waals surface area contributed by atoms with Crippen LogP contribution >= 0.6 is 34.4 Å². The maximum absolute atomic E-state index is 13.6. The average molecular weight is 460 g/mol. The Morgan fingerprint density at radius 1 is 1.30 bits per heavy atom. The van der Waals surface area contributed by atoms with Gasteiger partial charge < -0.3 is 5.32 Å². The van der Waals surface area contributed by atoms with Gasteiger partial charge in [0.15, 0.2) is 5.16 Å². The lowest BCUT2D eigenvalue weighted by molar-refractivity contribution is -0.118. The Balaban J connectivity index is 1.46. The Morgan fingerprint density at radius 2 is 2.13 bits per heavy atom. The van der Waals surface area contributed by atoms with Crippen molar-refractivity contribution in [1.29, 1.82) is 0 Å². The van der Waals surface area contributed by atoms with Crippen LogP contribution in [0.25, 0.3) is 20.7 Å². The van der Waals surface area contributed by atoms with E-state index in [1.807, 2.05) is 22.9 Å². The zero-order valence-electron chi connectivity index (χ0n) is 16.3. The molecule has 0 radical (unpaired) electrons. The number of nitrogens with one attached hydrogen (secondary N) is 1. The van der Waals surface area contributed by atoms with Crippen LogP contribution in [-0.4, -0.2) is 21.2 Å². The lowest BCUT2D eigenvalue weighted by Crippen LogP contribution is -2.26. The number of carbonyl (C=O) groups is 1. The molecule has 3 heterocycles. The highest BCUT2D eigenvalue weighted by atomic mass is 32.2. The van der Waals surface area contributed by atoms with Gasteiger partial charge in [0, 0.05) is 29.4 Å². The molecule has 0 aliphatic heterocycles. The van der Waals surface area contributed by atoms with Crippen molar-refractivity contribution in [3.05, 3.63) is 68.4 Å². The highest BCUT2D eigenvalue weighted by molar-refractivity contribution is 7.99. The van der Waals surface area contributed by atoms with E-state index in [1.54, 1.807) is 37.4 Å². The van der Waals surface area contributed by atoms with Gasteiger partial charge >= 0.3 is 0 Å². The smallest absolute Gasteiger partial charge is 0.263 e. The van der Waals surface area contributed by atoms with Crippen LogP contribution in [0.5, 0.6) is 0 Å². The Bertz CT molecular complexity index is 1280. The van der Waals surface area contributed by atoms with Gasteiger partial charge in [-0.05, 0) is 35.6 Å². The highest BCUT2D eigenvalue weighted by Crippen LogP contribution is 2.34. The van der Waals surface area contributed by atoms with E-state index in [-0.39, 0.29) is 29.6 Å². The van der Waals surface area contributed by atoms with Crippen molar-refractivity contribution in [2.45, 2.75) is 18.6 Å². The predicted molar refractivity (Wildman–Crippen MR) is 122 cm³/mol. The van der Waals surface area contributed by atoms with E-state index in [1.165, 1.54) is 33.7 Å². The summed E-state index contributed by atoms with van der Waals surface area (Å²) in [4.78, 5) is 31.4. The SMILES string of the molecule is Cc1ccc(CNC(=O)CSc2nc3scc(-c4cccs4)c3c(=O)n2C)cc1F. The molecular weight excluding hydrogens is 441 g/mol. The first-order valence-electron chi connectivity index (χ1n) is 9.10. The summed E-state index contributed by atoms with van der Waals surface area (Å²) in [6.07, 6.45) is 0. The number of amides is 1. The fourth-order valence-electron chi connectivity index (χ4n) is 2.92. The summed E-state index contributed by atoms with van der Waals surface area (Å²) in [6, 6.07) is 8.83. The molecule has 0 fully saturated rings. The number of aryl methyl sites for hydroxylation is 1. The molecule has 1 N–H and O–H groups in total. The van der Waals surface area contributed by atoms with Crippen LogP contribution < -0.4 is 10.9 Å². The minimum atomic E-state index is -0.290. The zero-order valence-corrected chi connectivity index (χ0v) is 18.7. The molecule has 0 saturated carbocycles. The number of halogens is 1. The molecule has 1 amide bonds. The normalized spacial score (nSPS) is 11.2. The Kier molecular flexibility index (Phi) is 6.03. The third-order valence-corrected chi connectivity index (χ3v) is 7.42. The highest BCUT2D eigenvalue weighted by Gasteiger charge is 2.17. The molecule has 0 unspecified atom stereocenters. The number of hydrogen-bond acceptors (Lipinski definition) is 6. The second-order valence-electron chi connectivity index (χ2n) is 6.71. The van der Waals surface area contributed by atoms with Gasteiger partial charge in [0.1, 0.15) is 10.6 Å². The molecule has 30 heavy (non-hydrogen) atoms. The number of fused-ring (bicyclic) bond motifs is 1. The molecule has 9 heteroatoms. The first-order chi connectivity index (χ1) is 14.4. The van der Waals surface area contributed by atoms with Gasteiger partial charge in [-0.15, -0.1) is 22.7 Å². The predicted octanol–water partition coefficient (Wildman–Crippen LogP) is 4.58. The lowest BCUT2D eigenvalue weighted by atomic mass is 10.1. The van der Waals surface area contributed by atoms with E-state index in [9.17, 15) is 14.0 Å². The third kappa shape index (κ3) is 4.19. The molecule has 4 rings (SSSR count). The minimum Gasteiger partial charge on any atom is -0.351 e. The van der Waals surface area contributed by atoms with Crippen molar-refractivity contribution in [2.24, 2.45) is 7.05 Å². The number of nitrogens with zero attached hydrogens (tertiary/aromatic N) is 2. The summed E-state index contributed by atoms with van der Waals surface area (Å²) in [7, 11) is 1.67. The summed E-state index contributed by atoms with van der Waals surface area (Å²) in [5.74, 6) is -0.384. The van der Waals surface area contributed by atoms with E-state index < -0.39 is 0 Å². The van der Waals surface area contributed by atoms with Gasteiger partial charge in [0.2, 0.25) is 5.91 Å². The van der Waals surface area contributed by atoms with Crippen molar-refractivity contribution in [3.8, 4) is 10.4 Å². The van der Waals surface area contributed by atoms with Crippen molar-refractivity contribution in [1.82, 2.24) is 14.9 Å². The minimum absolute atomic E-state index is 0.114. The molecule has 0 spiro atoms. The molecule has 5 nitrogen and oxygen atoms in total. The van der Waals surface area contributed by atoms with Gasteiger partial charge in [-0.3, -0.25) is 14.2 Å².